The zero-order valence-corrected chi connectivity index (χ0v) is 16.1. The summed E-state index contributed by atoms with van der Waals surface area (Å²) in [6.45, 7) is 1.01. The lowest BCUT2D eigenvalue weighted by Gasteiger charge is -2.38. The molecule has 7 nitrogen and oxygen atoms in total. The van der Waals surface area contributed by atoms with Crippen LogP contribution < -0.4 is 0 Å². The van der Waals surface area contributed by atoms with E-state index in [1.807, 2.05) is 60.7 Å². The zero-order valence-electron chi connectivity index (χ0n) is 16.1. The molecular formula is C22H23NO6. The van der Waals surface area contributed by atoms with Crippen LogP contribution in [0.1, 0.15) is 11.1 Å². The number of nitrogens with zero attached hydrogens (tertiary/aromatic N) is 1. The number of morpholine rings is 1. The molecule has 152 valence electrons. The Morgan fingerprint density at radius 2 is 1.66 bits per heavy atom. The van der Waals surface area contributed by atoms with Gasteiger partial charge in [-0.25, -0.2) is 4.79 Å². The van der Waals surface area contributed by atoms with Crippen molar-refractivity contribution in [3.05, 3.63) is 71.8 Å². The Hall–Kier alpha value is -2.74. The van der Waals surface area contributed by atoms with Gasteiger partial charge < -0.3 is 23.8 Å². The van der Waals surface area contributed by atoms with Crippen LogP contribution in [0, 0.1) is 0 Å². The number of fused-ring (bicyclic) bond motifs is 2. The molecule has 1 amide bonds. The Balaban J connectivity index is 1.52. The van der Waals surface area contributed by atoms with Crippen LogP contribution in [0.5, 0.6) is 0 Å². The molecule has 2 fully saturated rings. The van der Waals surface area contributed by atoms with Crippen LogP contribution in [0.3, 0.4) is 0 Å². The van der Waals surface area contributed by atoms with Crippen molar-refractivity contribution in [2.75, 3.05) is 13.7 Å². The van der Waals surface area contributed by atoms with E-state index >= 15 is 0 Å². The monoisotopic (exact) mass is 397 g/mol. The van der Waals surface area contributed by atoms with E-state index in [2.05, 4.69) is 0 Å². The molecule has 2 saturated heterocycles. The lowest BCUT2D eigenvalue weighted by atomic mass is 10.1. The van der Waals surface area contributed by atoms with Crippen LogP contribution in [-0.4, -0.2) is 55.0 Å². The molecule has 7 heteroatoms. The summed E-state index contributed by atoms with van der Waals surface area (Å²) in [5.41, 5.74) is 2.01. The molecule has 2 aliphatic rings. The van der Waals surface area contributed by atoms with Gasteiger partial charge in [0.15, 0.2) is 18.5 Å². The molecule has 2 aromatic carbocycles. The van der Waals surface area contributed by atoms with Crippen LogP contribution in [0.4, 0.5) is 0 Å². The fourth-order valence-electron chi connectivity index (χ4n) is 3.62. The third kappa shape index (κ3) is 4.17. The number of benzene rings is 2. The largest absolute Gasteiger partial charge is 0.467 e. The number of hydrogen-bond acceptors (Lipinski definition) is 6. The van der Waals surface area contributed by atoms with Gasteiger partial charge in [-0.1, -0.05) is 60.7 Å². The fourth-order valence-corrected chi connectivity index (χ4v) is 3.62. The lowest BCUT2D eigenvalue weighted by molar-refractivity contribution is -0.185. The molecule has 2 aromatic rings. The Morgan fingerprint density at radius 3 is 2.31 bits per heavy atom. The van der Waals surface area contributed by atoms with Crippen molar-refractivity contribution < 1.29 is 28.5 Å². The van der Waals surface area contributed by atoms with Gasteiger partial charge in [0.25, 0.3) is 5.91 Å². The third-order valence-electron chi connectivity index (χ3n) is 5.11. The first-order valence-corrected chi connectivity index (χ1v) is 9.52. The molecule has 0 aliphatic carbocycles. The van der Waals surface area contributed by atoms with Gasteiger partial charge in [-0.05, 0) is 11.1 Å². The van der Waals surface area contributed by atoms with Crippen molar-refractivity contribution in [1.82, 2.24) is 4.90 Å². The van der Waals surface area contributed by atoms with Crippen LogP contribution in [0.25, 0.3) is 0 Å². The smallest absolute Gasteiger partial charge is 0.338 e. The Kier molecular flexibility index (Phi) is 5.89. The number of rotatable bonds is 7. The van der Waals surface area contributed by atoms with Crippen LogP contribution in [0.2, 0.25) is 0 Å². The third-order valence-corrected chi connectivity index (χ3v) is 5.11. The average molecular weight is 397 g/mol. The van der Waals surface area contributed by atoms with E-state index in [4.69, 9.17) is 18.9 Å². The van der Waals surface area contributed by atoms with E-state index in [9.17, 15) is 9.59 Å². The highest BCUT2D eigenvalue weighted by molar-refractivity contribution is 5.90. The van der Waals surface area contributed by atoms with Crippen molar-refractivity contribution >= 4 is 11.9 Å². The van der Waals surface area contributed by atoms with Crippen molar-refractivity contribution in [2.45, 2.75) is 37.7 Å². The summed E-state index contributed by atoms with van der Waals surface area (Å²) < 4.78 is 22.1. The molecule has 0 saturated carbocycles. The number of carbonyl (C=O) groups excluding carboxylic acids is 2. The molecule has 2 heterocycles. The summed E-state index contributed by atoms with van der Waals surface area (Å²) in [5, 5.41) is 0. The molecule has 4 rings (SSSR count). The van der Waals surface area contributed by atoms with Gasteiger partial charge in [0, 0.05) is 6.54 Å². The van der Waals surface area contributed by atoms with Gasteiger partial charge in [-0.2, -0.15) is 0 Å². The molecule has 0 spiro atoms. The molecule has 0 unspecified atom stereocenters. The van der Waals surface area contributed by atoms with E-state index in [1.54, 1.807) is 4.90 Å². The molecule has 2 aliphatic heterocycles. The Labute approximate surface area is 169 Å². The van der Waals surface area contributed by atoms with Crippen molar-refractivity contribution in [2.24, 2.45) is 0 Å². The second-order valence-corrected chi connectivity index (χ2v) is 7.02. The van der Waals surface area contributed by atoms with E-state index in [-0.39, 0.29) is 12.5 Å². The van der Waals surface area contributed by atoms with E-state index in [0.717, 1.165) is 11.1 Å². The van der Waals surface area contributed by atoms with Crippen molar-refractivity contribution in [3.63, 3.8) is 0 Å². The predicted octanol–water partition coefficient (Wildman–Crippen LogP) is 1.90. The maximum Gasteiger partial charge on any atom is 0.338 e. The molecule has 4 atom stereocenters. The van der Waals surface area contributed by atoms with Crippen molar-refractivity contribution in [1.29, 1.82) is 0 Å². The quantitative estimate of drug-likeness (QED) is 0.665. The lowest BCUT2D eigenvalue weighted by Crippen LogP contribution is -2.57. The van der Waals surface area contributed by atoms with Gasteiger partial charge in [0.05, 0.1) is 20.3 Å². The predicted molar refractivity (Wildman–Crippen MR) is 102 cm³/mol. The molecule has 0 radical (unpaired) electrons. The maximum absolute atomic E-state index is 13.1. The minimum absolute atomic E-state index is 0.221. The van der Waals surface area contributed by atoms with E-state index in [0.29, 0.717) is 13.2 Å². The number of carbonyl (C=O) groups is 2. The highest BCUT2D eigenvalue weighted by Crippen LogP contribution is 2.33. The van der Waals surface area contributed by atoms with Gasteiger partial charge in [0.1, 0.15) is 6.04 Å². The number of esters is 1. The number of methoxy groups -OCH3 is 1. The summed E-state index contributed by atoms with van der Waals surface area (Å²) >= 11 is 0. The Bertz CT molecular complexity index is 843. The summed E-state index contributed by atoms with van der Waals surface area (Å²) in [7, 11) is 1.26. The van der Waals surface area contributed by atoms with E-state index < -0.39 is 30.5 Å². The topological polar surface area (TPSA) is 74.3 Å². The summed E-state index contributed by atoms with van der Waals surface area (Å²) in [6.07, 6.45) is -2.81. The van der Waals surface area contributed by atoms with Gasteiger partial charge >= 0.3 is 5.97 Å². The van der Waals surface area contributed by atoms with Crippen LogP contribution in [0.15, 0.2) is 60.7 Å². The number of hydrogen-bond donors (Lipinski definition) is 0. The second-order valence-electron chi connectivity index (χ2n) is 7.02. The normalized spacial score (nSPS) is 25.8. The van der Waals surface area contributed by atoms with Gasteiger partial charge in [0.2, 0.25) is 0 Å². The fraction of sp³-hybridized carbons (Fsp3) is 0.364. The minimum Gasteiger partial charge on any atom is -0.467 e. The first kappa shape index (κ1) is 19.6. The van der Waals surface area contributed by atoms with Crippen LogP contribution >= 0.6 is 0 Å². The highest BCUT2D eigenvalue weighted by atomic mass is 16.8. The standard InChI is InChI=1S/C22H23NO6/c1-26-21(25)19-18-20(24)23(12-15-8-4-2-5-9-15)17(22(28-18)29-19)14-27-13-16-10-6-3-7-11-16/h2-11,17-19,22H,12-14H2,1H3/t17-,18+,19+,22-/m0/s1. The molecule has 0 aromatic heterocycles. The first-order chi connectivity index (χ1) is 14.2. The number of amides is 1. The van der Waals surface area contributed by atoms with Gasteiger partial charge in [-0.3, -0.25) is 4.79 Å². The first-order valence-electron chi connectivity index (χ1n) is 9.52. The maximum atomic E-state index is 13.1. The summed E-state index contributed by atoms with van der Waals surface area (Å²) in [6, 6.07) is 19.0. The Morgan fingerprint density at radius 1 is 1.00 bits per heavy atom. The van der Waals surface area contributed by atoms with Crippen molar-refractivity contribution in [3.8, 4) is 0 Å². The second kappa shape index (κ2) is 8.73. The average Bonchev–Trinajstić information content (AvgIpc) is 3.17. The SMILES string of the molecule is COC(=O)[C@@H]1O[C@@H]2O[C@H]1C(=O)N(Cc1ccccc1)[C@H]2COCc1ccccc1. The molecule has 2 bridgehead atoms. The van der Waals surface area contributed by atoms with Crippen LogP contribution in [-0.2, 0) is 41.7 Å². The number of ether oxygens (including phenoxy) is 4. The zero-order chi connectivity index (χ0) is 20.2. The summed E-state index contributed by atoms with van der Waals surface area (Å²) in [4.78, 5) is 26.8. The molecular weight excluding hydrogens is 374 g/mol. The molecule has 29 heavy (non-hydrogen) atoms. The molecule has 0 N–H and O–H groups in total. The highest BCUT2D eigenvalue weighted by Gasteiger charge is 2.56. The van der Waals surface area contributed by atoms with E-state index in [1.165, 1.54) is 7.11 Å². The van der Waals surface area contributed by atoms with Gasteiger partial charge in [-0.15, -0.1) is 0 Å². The minimum atomic E-state index is -1.06. The summed E-state index contributed by atoms with van der Waals surface area (Å²) in [5.74, 6) is -0.914.